The monoisotopic (exact) mass is 269 g/mol. The van der Waals surface area contributed by atoms with Gasteiger partial charge in [0.25, 0.3) is 0 Å². The lowest BCUT2D eigenvalue weighted by molar-refractivity contribution is 0.291. The van der Waals surface area contributed by atoms with Crippen LogP contribution in [0.3, 0.4) is 0 Å². The van der Waals surface area contributed by atoms with E-state index in [0.717, 1.165) is 6.04 Å². The average molecular weight is 269 g/mol. The van der Waals surface area contributed by atoms with E-state index in [1.807, 2.05) is 0 Å². The Morgan fingerprint density at radius 2 is 1.47 bits per heavy atom. The summed E-state index contributed by atoms with van der Waals surface area (Å²) in [5.74, 6) is 0. The van der Waals surface area contributed by atoms with Gasteiger partial charge in [-0.3, -0.25) is 9.11 Å². The van der Waals surface area contributed by atoms with Gasteiger partial charge < -0.3 is 4.90 Å². The molecule has 0 saturated heterocycles. The van der Waals surface area contributed by atoms with Crippen molar-refractivity contribution in [2.75, 3.05) is 14.1 Å². The zero-order valence-corrected chi connectivity index (χ0v) is 12.2. The summed E-state index contributed by atoms with van der Waals surface area (Å²) in [6, 6.07) is 0.756. The number of unbranched alkanes of at least 4 members (excludes halogenated alkanes) is 4. The molecule has 1 atom stereocenters. The van der Waals surface area contributed by atoms with Crippen LogP contribution in [0.1, 0.15) is 52.4 Å². The van der Waals surface area contributed by atoms with Crippen molar-refractivity contribution in [3.05, 3.63) is 0 Å². The van der Waals surface area contributed by atoms with Crippen LogP contribution in [0.2, 0.25) is 0 Å². The summed E-state index contributed by atoms with van der Waals surface area (Å²) in [6.07, 6.45) is 8.37. The van der Waals surface area contributed by atoms with Crippen molar-refractivity contribution in [3.63, 3.8) is 0 Å². The maximum Gasteiger partial charge on any atom is 0.394 e. The van der Waals surface area contributed by atoms with E-state index in [1.54, 1.807) is 0 Å². The van der Waals surface area contributed by atoms with Crippen molar-refractivity contribution in [1.82, 2.24) is 4.90 Å². The van der Waals surface area contributed by atoms with Crippen molar-refractivity contribution >= 4 is 10.4 Å². The Labute approximate surface area is 106 Å². The van der Waals surface area contributed by atoms with Gasteiger partial charge >= 0.3 is 10.4 Å². The molecule has 0 fully saturated rings. The first-order valence-corrected chi connectivity index (χ1v) is 7.44. The fourth-order valence-corrected chi connectivity index (χ4v) is 1.30. The molecular weight excluding hydrogens is 242 g/mol. The second-order valence-electron chi connectivity index (χ2n) is 4.46. The van der Waals surface area contributed by atoms with E-state index in [4.69, 9.17) is 17.5 Å². The van der Waals surface area contributed by atoms with Crippen LogP contribution in [-0.2, 0) is 10.4 Å². The quantitative estimate of drug-likeness (QED) is 0.549. The number of hydrogen-bond acceptors (Lipinski definition) is 3. The minimum absolute atomic E-state index is 0.756. The van der Waals surface area contributed by atoms with Gasteiger partial charge in [0.05, 0.1) is 0 Å². The Hall–Kier alpha value is -0.170. The molecule has 0 aromatic heterocycles. The van der Waals surface area contributed by atoms with E-state index in [2.05, 4.69) is 32.8 Å². The molecule has 0 radical (unpaired) electrons. The molecule has 0 spiro atoms. The van der Waals surface area contributed by atoms with E-state index in [-0.39, 0.29) is 0 Å². The fraction of sp³-hybridized carbons (Fsp3) is 1.00. The molecule has 0 bridgehead atoms. The molecule has 17 heavy (non-hydrogen) atoms. The molecule has 106 valence electrons. The van der Waals surface area contributed by atoms with Gasteiger partial charge in [-0.1, -0.05) is 39.0 Å². The van der Waals surface area contributed by atoms with Crippen LogP contribution in [0.25, 0.3) is 0 Å². The number of rotatable bonds is 7. The highest BCUT2D eigenvalue weighted by atomic mass is 32.3. The molecular formula is C11H27NO4S. The van der Waals surface area contributed by atoms with Crippen molar-refractivity contribution in [3.8, 4) is 0 Å². The van der Waals surface area contributed by atoms with E-state index in [1.165, 1.54) is 38.5 Å². The molecule has 0 heterocycles. The first-order valence-electron chi connectivity index (χ1n) is 6.04. The minimum Gasteiger partial charge on any atom is -0.307 e. The van der Waals surface area contributed by atoms with Crippen LogP contribution in [0.15, 0.2) is 0 Å². The summed E-state index contributed by atoms with van der Waals surface area (Å²) in [4.78, 5) is 2.31. The van der Waals surface area contributed by atoms with Crippen LogP contribution in [0.5, 0.6) is 0 Å². The second kappa shape index (κ2) is 11.0. The Morgan fingerprint density at radius 3 is 1.82 bits per heavy atom. The van der Waals surface area contributed by atoms with Crippen molar-refractivity contribution in [2.45, 2.75) is 58.4 Å². The summed E-state index contributed by atoms with van der Waals surface area (Å²) in [6.45, 7) is 4.57. The Kier molecular flexibility index (Phi) is 12.4. The zero-order chi connectivity index (χ0) is 13.9. The largest absolute Gasteiger partial charge is 0.394 e. The predicted octanol–water partition coefficient (Wildman–Crippen LogP) is 2.64. The van der Waals surface area contributed by atoms with Crippen molar-refractivity contribution in [1.29, 1.82) is 0 Å². The van der Waals surface area contributed by atoms with E-state index in [9.17, 15) is 0 Å². The van der Waals surface area contributed by atoms with Crippen molar-refractivity contribution in [2.24, 2.45) is 0 Å². The first kappa shape index (κ1) is 19.2. The summed E-state index contributed by atoms with van der Waals surface area (Å²) >= 11 is 0. The van der Waals surface area contributed by atoms with Crippen LogP contribution >= 0.6 is 0 Å². The highest BCUT2D eigenvalue weighted by Gasteiger charge is 2.02. The average Bonchev–Trinajstić information content (AvgIpc) is 2.14. The Balaban J connectivity index is 0. The molecule has 0 aliphatic rings. The fourth-order valence-electron chi connectivity index (χ4n) is 1.30. The SMILES string of the molecule is CCCCCCCC(C)N(C)C.O=S(=O)(O)O. The lowest BCUT2D eigenvalue weighted by Gasteiger charge is -2.19. The third kappa shape index (κ3) is 25.8. The van der Waals surface area contributed by atoms with Crippen molar-refractivity contribution < 1.29 is 17.5 Å². The third-order valence-electron chi connectivity index (χ3n) is 2.61. The smallest absolute Gasteiger partial charge is 0.307 e. The number of nitrogens with zero attached hydrogens (tertiary/aromatic N) is 1. The molecule has 0 amide bonds. The maximum atomic E-state index is 8.74. The van der Waals surface area contributed by atoms with Gasteiger partial charge in [-0.2, -0.15) is 8.42 Å². The summed E-state index contributed by atoms with van der Waals surface area (Å²) in [7, 11) is -0.340. The van der Waals surface area contributed by atoms with E-state index < -0.39 is 10.4 Å². The van der Waals surface area contributed by atoms with Gasteiger partial charge in [0, 0.05) is 6.04 Å². The highest BCUT2D eigenvalue weighted by molar-refractivity contribution is 7.79. The van der Waals surface area contributed by atoms with E-state index in [0.29, 0.717) is 0 Å². The Morgan fingerprint density at radius 1 is 1.06 bits per heavy atom. The topological polar surface area (TPSA) is 77.8 Å². The van der Waals surface area contributed by atoms with Crippen LogP contribution in [0, 0.1) is 0 Å². The predicted molar refractivity (Wildman–Crippen MR) is 70.7 cm³/mol. The molecule has 5 nitrogen and oxygen atoms in total. The molecule has 0 aliphatic heterocycles. The Bertz CT molecular complexity index is 244. The zero-order valence-electron chi connectivity index (χ0n) is 11.4. The molecule has 6 heteroatoms. The standard InChI is InChI=1S/C11H25N.H2O4S/c1-5-6-7-8-9-10-11(2)12(3)4;1-5(2,3)4/h11H,5-10H2,1-4H3;(H2,1,2,3,4). The van der Waals surface area contributed by atoms with Gasteiger partial charge in [0.15, 0.2) is 0 Å². The van der Waals surface area contributed by atoms with Crippen LogP contribution in [0.4, 0.5) is 0 Å². The van der Waals surface area contributed by atoms with Gasteiger partial charge in [-0.15, -0.1) is 0 Å². The molecule has 0 aromatic rings. The summed E-state index contributed by atoms with van der Waals surface area (Å²) in [5, 5.41) is 0. The lowest BCUT2D eigenvalue weighted by Crippen LogP contribution is -2.24. The molecule has 0 rings (SSSR count). The van der Waals surface area contributed by atoms with E-state index >= 15 is 0 Å². The first-order chi connectivity index (χ1) is 7.68. The molecule has 0 aromatic carbocycles. The van der Waals surface area contributed by atoms with Gasteiger partial charge in [0.1, 0.15) is 0 Å². The minimum atomic E-state index is -4.67. The number of hydrogen-bond donors (Lipinski definition) is 2. The molecule has 1 unspecified atom stereocenters. The van der Waals surface area contributed by atoms with Gasteiger partial charge in [0.2, 0.25) is 0 Å². The van der Waals surface area contributed by atoms with Gasteiger partial charge in [-0.05, 0) is 27.4 Å². The normalized spacial score (nSPS) is 13.1. The van der Waals surface area contributed by atoms with Crippen LogP contribution in [-0.4, -0.2) is 42.6 Å². The summed E-state index contributed by atoms with van der Waals surface area (Å²) < 4.78 is 31.6. The molecule has 2 N–H and O–H groups in total. The maximum absolute atomic E-state index is 8.74. The second-order valence-corrected chi connectivity index (χ2v) is 5.36. The van der Waals surface area contributed by atoms with Gasteiger partial charge in [-0.25, -0.2) is 0 Å². The summed E-state index contributed by atoms with van der Waals surface area (Å²) in [5.41, 5.74) is 0. The molecule has 0 saturated carbocycles. The molecule has 0 aliphatic carbocycles. The van der Waals surface area contributed by atoms with Crippen LogP contribution < -0.4 is 0 Å². The lowest BCUT2D eigenvalue weighted by atomic mass is 10.1. The third-order valence-corrected chi connectivity index (χ3v) is 2.61. The highest BCUT2D eigenvalue weighted by Crippen LogP contribution is 2.08.